The minimum atomic E-state index is 0.146. The quantitative estimate of drug-likeness (QED) is 0.519. The van der Waals surface area contributed by atoms with Gasteiger partial charge in [0.2, 0.25) is 5.91 Å². The third kappa shape index (κ3) is 4.75. The highest BCUT2D eigenvalue weighted by Crippen LogP contribution is 2.31. The molecular weight excluding hydrogens is 406 g/mol. The topological polar surface area (TPSA) is 38.1 Å². The third-order valence-corrected chi connectivity index (χ3v) is 7.61. The highest BCUT2D eigenvalue weighted by molar-refractivity contribution is 5.79. The molecule has 1 fully saturated rings. The number of imidazole rings is 1. The van der Waals surface area contributed by atoms with Gasteiger partial charge in [0, 0.05) is 43.9 Å². The van der Waals surface area contributed by atoms with Gasteiger partial charge in [0.05, 0.1) is 0 Å². The standard InChI is InChI=1S/C29H35N3O/c1-21(2)23-9-7-22(8-10-23)20-32-18-15-30-28(32)25-13-16-31(17-14-25)29(33)27-12-11-24-5-3-4-6-26(24)19-27/h3-10,15,18,21,25,27H,11-14,16-17,19-20H2,1-2H3. The maximum atomic E-state index is 13.2. The van der Waals surface area contributed by atoms with Crippen LogP contribution < -0.4 is 0 Å². The van der Waals surface area contributed by atoms with Crippen molar-refractivity contribution in [2.75, 3.05) is 13.1 Å². The first-order valence-electron chi connectivity index (χ1n) is 12.5. The molecule has 0 spiro atoms. The number of hydrogen-bond donors (Lipinski definition) is 0. The Bertz CT molecular complexity index is 1090. The van der Waals surface area contributed by atoms with Crippen LogP contribution in [-0.2, 0) is 24.2 Å². The van der Waals surface area contributed by atoms with Gasteiger partial charge in [-0.05, 0) is 60.3 Å². The molecule has 1 aromatic heterocycles. The highest BCUT2D eigenvalue weighted by Gasteiger charge is 2.32. The lowest BCUT2D eigenvalue weighted by Gasteiger charge is -2.35. The van der Waals surface area contributed by atoms with Crippen molar-refractivity contribution < 1.29 is 4.79 Å². The van der Waals surface area contributed by atoms with Crippen molar-refractivity contribution >= 4 is 5.91 Å². The summed E-state index contributed by atoms with van der Waals surface area (Å²) < 4.78 is 2.30. The van der Waals surface area contributed by atoms with Gasteiger partial charge in [-0.15, -0.1) is 0 Å². The van der Waals surface area contributed by atoms with Gasteiger partial charge in [0.1, 0.15) is 5.82 Å². The fraction of sp³-hybridized carbons (Fsp3) is 0.448. The fourth-order valence-corrected chi connectivity index (χ4v) is 5.54. The number of carbonyl (C=O) groups excluding carboxylic acids is 1. The van der Waals surface area contributed by atoms with E-state index in [0.29, 0.717) is 17.7 Å². The van der Waals surface area contributed by atoms with E-state index < -0.39 is 0 Å². The molecule has 3 aromatic rings. The Hall–Kier alpha value is -2.88. The monoisotopic (exact) mass is 441 g/mol. The van der Waals surface area contributed by atoms with Crippen LogP contribution in [0.5, 0.6) is 0 Å². The van der Waals surface area contributed by atoms with E-state index in [0.717, 1.165) is 51.7 Å². The number of rotatable bonds is 5. The molecule has 0 radical (unpaired) electrons. The Morgan fingerprint density at radius 2 is 1.73 bits per heavy atom. The van der Waals surface area contributed by atoms with Crippen molar-refractivity contribution in [2.24, 2.45) is 5.92 Å². The molecular formula is C29H35N3O. The zero-order valence-electron chi connectivity index (χ0n) is 19.9. The molecule has 1 amide bonds. The van der Waals surface area contributed by atoms with Crippen molar-refractivity contribution in [2.45, 2.75) is 64.3 Å². The fourth-order valence-electron chi connectivity index (χ4n) is 5.54. The van der Waals surface area contributed by atoms with Crippen molar-refractivity contribution in [1.29, 1.82) is 0 Å². The second-order valence-electron chi connectivity index (χ2n) is 10.1. The zero-order chi connectivity index (χ0) is 22.8. The van der Waals surface area contributed by atoms with E-state index in [-0.39, 0.29) is 5.92 Å². The number of hydrogen-bond acceptors (Lipinski definition) is 2. The number of aryl methyl sites for hydroxylation is 1. The van der Waals surface area contributed by atoms with Crippen molar-refractivity contribution in [3.63, 3.8) is 0 Å². The van der Waals surface area contributed by atoms with Gasteiger partial charge in [0.25, 0.3) is 0 Å². The van der Waals surface area contributed by atoms with E-state index >= 15 is 0 Å². The molecule has 0 bridgehead atoms. The minimum absolute atomic E-state index is 0.146. The number of fused-ring (bicyclic) bond motifs is 1. The Kier molecular flexibility index (Phi) is 6.34. The summed E-state index contributed by atoms with van der Waals surface area (Å²) in [6.07, 6.45) is 8.93. The summed E-state index contributed by atoms with van der Waals surface area (Å²) >= 11 is 0. The first-order chi connectivity index (χ1) is 16.1. The average molecular weight is 442 g/mol. The number of nitrogens with zero attached hydrogens (tertiary/aromatic N) is 3. The normalized spacial score (nSPS) is 19.0. The Morgan fingerprint density at radius 1 is 1.00 bits per heavy atom. The Morgan fingerprint density at radius 3 is 2.45 bits per heavy atom. The Balaban J connectivity index is 1.19. The molecule has 1 atom stereocenters. The lowest BCUT2D eigenvalue weighted by atomic mass is 9.82. The number of aromatic nitrogens is 2. The van der Waals surface area contributed by atoms with Crippen molar-refractivity contribution in [3.8, 4) is 0 Å². The van der Waals surface area contributed by atoms with Crippen LogP contribution in [0.3, 0.4) is 0 Å². The number of carbonyl (C=O) groups is 1. The van der Waals surface area contributed by atoms with Gasteiger partial charge < -0.3 is 9.47 Å². The molecule has 5 rings (SSSR count). The predicted molar refractivity (Wildman–Crippen MR) is 132 cm³/mol. The van der Waals surface area contributed by atoms with E-state index in [1.165, 1.54) is 28.1 Å². The minimum Gasteiger partial charge on any atom is -0.342 e. The molecule has 4 heteroatoms. The molecule has 0 N–H and O–H groups in total. The summed E-state index contributed by atoms with van der Waals surface area (Å²) in [4.78, 5) is 20.1. The maximum Gasteiger partial charge on any atom is 0.226 e. The lowest BCUT2D eigenvalue weighted by molar-refractivity contribution is -0.137. The van der Waals surface area contributed by atoms with E-state index in [1.807, 2.05) is 6.20 Å². The molecule has 2 heterocycles. The molecule has 33 heavy (non-hydrogen) atoms. The van der Waals surface area contributed by atoms with Gasteiger partial charge in [0.15, 0.2) is 0 Å². The summed E-state index contributed by atoms with van der Waals surface area (Å²) in [5.74, 6) is 2.65. The number of benzene rings is 2. The van der Waals surface area contributed by atoms with E-state index in [9.17, 15) is 4.79 Å². The van der Waals surface area contributed by atoms with E-state index in [4.69, 9.17) is 4.98 Å². The van der Waals surface area contributed by atoms with E-state index in [2.05, 4.69) is 78.0 Å². The lowest BCUT2D eigenvalue weighted by Crippen LogP contribution is -2.43. The molecule has 172 valence electrons. The van der Waals surface area contributed by atoms with Crippen LogP contribution >= 0.6 is 0 Å². The molecule has 1 aliphatic carbocycles. The summed E-state index contributed by atoms with van der Waals surface area (Å²) in [6, 6.07) is 17.6. The van der Waals surface area contributed by atoms with Crippen LogP contribution in [0, 0.1) is 5.92 Å². The Labute approximate surface area is 197 Å². The highest BCUT2D eigenvalue weighted by atomic mass is 16.2. The summed E-state index contributed by atoms with van der Waals surface area (Å²) in [5.41, 5.74) is 5.47. The van der Waals surface area contributed by atoms with Crippen molar-refractivity contribution in [3.05, 3.63) is 89.0 Å². The molecule has 0 saturated carbocycles. The van der Waals surface area contributed by atoms with Crippen molar-refractivity contribution in [1.82, 2.24) is 14.5 Å². The third-order valence-electron chi connectivity index (χ3n) is 7.61. The summed E-state index contributed by atoms with van der Waals surface area (Å²) in [6.45, 7) is 7.00. The molecule has 1 unspecified atom stereocenters. The van der Waals surface area contributed by atoms with Gasteiger partial charge in [-0.3, -0.25) is 4.79 Å². The predicted octanol–water partition coefficient (Wildman–Crippen LogP) is 5.57. The van der Waals surface area contributed by atoms with Crippen LogP contribution in [0.1, 0.15) is 73.0 Å². The number of likely N-dealkylation sites (tertiary alicyclic amines) is 1. The van der Waals surface area contributed by atoms with Gasteiger partial charge in [-0.2, -0.15) is 0 Å². The first kappa shape index (κ1) is 21.9. The second kappa shape index (κ2) is 9.54. The maximum absolute atomic E-state index is 13.2. The summed E-state index contributed by atoms with van der Waals surface area (Å²) in [5, 5.41) is 0. The first-order valence-corrected chi connectivity index (χ1v) is 12.5. The zero-order valence-corrected chi connectivity index (χ0v) is 19.9. The van der Waals surface area contributed by atoms with Crippen LogP contribution in [-0.4, -0.2) is 33.4 Å². The van der Waals surface area contributed by atoms with Crippen LogP contribution in [0.15, 0.2) is 60.9 Å². The molecule has 2 aromatic carbocycles. The summed E-state index contributed by atoms with van der Waals surface area (Å²) in [7, 11) is 0. The smallest absolute Gasteiger partial charge is 0.226 e. The average Bonchev–Trinajstić information content (AvgIpc) is 3.32. The largest absolute Gasteiger partial charge is 0.342 e. The second-order valence-corrected chi connectivity index (χ2v) is 10.1. The van der Waals surface area contributed by atoms with Crippen LogP contribution in [0.2, 0.25) is 0 Å². The van der Waals surface area contributed by atoms with Gasteiger partial charge in [-0.25, -0.2) is 4.98 Å². The molecule has 2 aliphatic rings. The van der Waals surface area contributed by atoms with Crippen LogP contribution in [0.25, 0.3) is 0 Å². The number of amides is 1. The van der Waals surface area contributed by atoms with Gasteiger partial charge >= 0.3 is 0 Å². The molecule has 4 nitrogen and oxygen atoms in total. The number of piperidine rings is 1. The van der Waals surface area contributed by atoms with Gasteiger partial charge in [-0.1, -0.05) is 62.4 Å². The van der Waals surface area contributed by atoms with Crippen LogP contribution in [0.4, 0.5) is 0 Å². The van der Waals surface area contributed by atoms with E-state index in [1.54, 1.807) is 0 Å². The molecule has 1 saturated heterocycles. The SMILES string of the molecule is CC(C)c1ccc(Cn2ccnc2C2CCN(C(=O)C3CCc4ccccc4C3)CC2)cc1. The molecule has 1 aliphatic heterocycles.